The molecule has 1 amide bonds. The van der Waals surface area contributed by atoms with E-state index in [0.717, 1.165) is 36.9 Å². The van der Waals surface area contributed by atoms with Crippen LogP contribution in [-0.2, 0) is 19.3 Å². The van der Waals surface area contributed by atoms with Crippen LogP contribution in [0.4, 0.5) is 0 Å². The first-order valence-corrected chi connectivity index (χ1v) is 7.37. The van der Waals surface area contributed by atoms with Crippen LogP contribution in [0.25, 0.3) is 0 Å². The van der Waals surface area contributed by atoms with Crippen molar-refractivity contribution in [1.29, 1.82) is 0 Å². The lowest BCUT2D eigenvalue weighted by Crippen LogP contribution is -2.38. The average molecular weight is 321 g/mol. The Kier molecular flexibility index (Phi) is 5.57. The lowest BCUT2D eigenvalue weighted by Gasteiger charge is -2.22. The molecule has 1 aliphatic carbocycles. The van der Waals surface area contributed by atoms with Crippen molar-refractivity contribution in [1.82, 2.24) is 15.5 Å². The van der Waals surface area contributed by atoms with E-state index in [2.05, 4.69) is 15.5 Å². The summed E-state index contributed by atoms with van der Waals surface area (Å²) in [7, 11) is 0. The maximum Gasteiger partial charge on any atom is 0.251 e. The molecule has 0 saturated carbocycles. The molecule has 3 rings (SSSR count). The fraction of sp³-hybridized carbons (Fsp3) is 0.375. The second-order valence-corrected chi connectivity index (χ2v) is 5.52. The van der Waals surface area contributed by atoms with Gasteiger partial charge >= 0.3 is 0 Å². The Morgan fingerprint density at radius 3 is 2.86 bits per heavy atom. The molecule has 0 radical (unpaired) electrons. The van der Waals surface area contributed by atoms with Gasteiger partial charge in [0.25, 0.3) is 5.91 Å². The van der Waals surface area contributed by atoms with E-state index in [1.165, 1.54) is 5.56 Å². The highest BCUT2D eigenvalue weighted by molar-refractivity contribution is 5.94. The standard InChI is InChI=1S/C16H20N4O.ClH/c17-8-7-11-1-3-12(4-2-11)16(21)19-14-6-5-13-10-18-20-15(13)9-14;/h1-4,10,14H,5-9,17H2,(H,18,20)(H,19,21);1H. The van der Waals surface area contributed by atoms with Crippen molar-refractivity contribution in [2.24, 2.45) is 5.73 Å². The highest BCUT2D eigenvalue weighted by atomic mass is 35.5. The van der Waals surface area contributed by atoms with Gasteiger partial charge in [-0.05, 0) is 49.1 Å². The van der Waals surface area contributed by atoms with Gasteiger partial charge in [0.2, 0.25) is 0 Å². The van der Waals surface area contributed by atoms with Crippen LogP contribution in [-0.4, -0.2) is 28.7 Å². The van der Waals surface area contributed by atoms with Crippen molar-refractivity contribution in [2.75, 3.05) is 6.54 Å². The van der Waals surface area contributed by atoms with Crippen molar-refractivity contribution < 1.29 is 4.79 Å². The highest BCUT2D eigenvalue weighted by Crippen LogP contribution is 2.19. The lowest BCUT2D eigenvalue weighted by atomic mass is 9.93. The van der Waals surface area contributed by atoms with Gasteiger partial charge in [0.05, 0.1) is 6.20 Å². The van der Waals surface area contributed by atoms with E-state index < -0.39 is 0 Å². The van der Waals surface area contributed by atoms with Gasteiger partial charge in [-0.2, -0.15) is 5.10 Å². The number of aromatic nitrogens is 2. The maximum atomic E-state index is 12.3. The van der Waals surface area contributed by atoms with Gasteiger partial charge in [-0.1, -0.05) is 12.1 Å². The number of hydrogen-bond donors (Lipinski definition) is 3. The number of carbonyl (C=O) groups excluding carboxylic acids is 1. The molecule has 6 heteroatoms. The van der Waals surface area contributed by atoms with Crippen LogP contribution in [0.2, 0.25) is 0 Å². The third-order valence-corrected chi connectivity index (χ3v) is 4.00. The normalized spacial score (nSPS) is 16.5. The van der Waals surface area contributed by atoms with Crippen molar-refractivity contribution in [3.63, 3.8) is 0 Å². The zero-order valence-corrected chi connectivity index (χ0v) is 13.2. The summed E-state index contributed by atoms with van der Waals surface area (Å²) >= 11 is 0. The predicted molar refractivity (Wildman–Crippen MR) is 88.3 cm³/mol. The number of rotatable bonds is 4. The number of aryl methyl sites for hydroxylation is 1. The van der Waals surface area contributed by atoms with Crippen LogP contribution < -0.4 is 11.1 Å². The molecule has 0 spiro atoms. The second kappa shape index (κ2) is 7.42. The minimum atomic E-state index is -0.0118. The number of aromatic amines is 1. The van der Waals surface area contributed by atoms with Crippen molar-refractivity contribution in [3.05, 3.63) is 52.8 Å². The number of halogens is 1. The molecule has 1 heterocycles. The van der Waals surface area contributed by atoms with E-state index in [4.69, 9.17) is 5.73 Å². The first kappa shape index (κ1) is 16.5. The third kappa shape index (κ3) is 3.67. The van der Waals surface area contributed by atoms with Crippen LogP contribution in [0.1, 0.15) is 33.6 Å². The smallest absolute Gasteiger partial charge is 0.251 e. The fourth-order valence-electron chi connectivity index (χ4n) is 2.79. The molecule has 22 heavy (non-hydrogen) atoms. The van der Waals surface area contributed by atoms with E-state index >= 15 is 0 Å². The Labute approximate surface area is 136 Å². The van der Waals surface area contributed by atoms with Crippen LogP contribution in [0.3, 0.4) is 0 Å². The summed E-state index contributed by atoms with van der Waals surface area (Å²) in [4.78, 5) is 12.3. The molecule has 0 saturated heterocycles. The number of carbonyl (C=O) groups is 1. The van der Waals surface area contributed by atoms with Gasteiger partial charge in [0, 0.05) is 23.7 Å². The summed E-state index contributed by atoms with van der Waals surface area (Å²) < 4.78 is 0. The summed E-state index contributed by atoms with van der Waals surface area (Å²) in [5.41, 5.74) is 9.80. The largest absolute Gasteiger partial charge is 0.349 e. The van der Waals surface area contributed by atoms with Crippen molar-refractivity contribution in [2.45, 2.75) is 31.7 Å². The molecule has 1 aromatic heterocycles. The van der Waals surface area contributed by atoms with E-state index in [-0.39, 0.29) is 24.4 Å². The Hall–Kier alpha value is -1.85. The number of nitrogens with two attached hydrogens (primary N) is 1. The first-order valence-electron chi connectivity index (χ1n) is 7.37. The van der Waals surface area contributed by atoms with Crippen molar-refractivity contribution in [3.8, 4) is 0 Å². The van der Waals surface area contributed by atoms with E-state index in [1.54, 1.807) is 0 Å². The Balaban J connectivity index is 0.00000176. The van der Waals surface area contributed by atoms with E-state index in [9.17, 15) is 4.79 Å². The fourth-order valence-corrected chi connectivity index (χ4v) is 2.79. The molecule has 0 aliphatic heterocycles. The van der Waals surface area contributed by atoms with Crippen LogP contribution in [0.15, 0.2) is 30.5 Å². The topological polar surface area (TPSA) is 83.8 Å². The molecule has 1 aliphatic rings. The molecule has 0 bridgehead atoms. The third-order valence-electron chi connectivity index (χ3n) is 4.00. The zero-order chi connectivity index (χ0) is 14.7. The van der Waals surface area contributed by atoms with Gasteiger partial charge < -0.3 is 11.1 Å². The molecule has 1 aromatic carbocycles. The average Bonchev–Trinajstić information content (AvgIpc) is 2.96. The molecular weight excluding hydrogens is 300 g/mol. The summed E-state index contributed by atoms with van der Waals surface area (Å²) in [6.07, 6.45) is 5.47. The SMILES string of the molecule is Cl.NCCc1ccc(C(=O)NC2CCc3cn[nH]c3C2)cc1. The summed E-state index contributed by atoms with van der Waals surface area (Å²) in [6, 6.07) is 7.84. The highest BCUT2D eigenvalue weighted by Gasteiger charge is 2.21. The van der Waals surface area contributed by atoms with E-state index in [1.807, 2.05) is 30.5 Å². The molecule has 4 N–H and O–H groups in total. The first-order chi connectivity index (χ1) is 10.3. The number of nitrogens with zero attached hydrogens (tertiary/aromatic N) is 1. The number of hydrogen-bond acceptors (Lipinski definition) is 3. The Bertz CT molecular complexity index is 623. The predicted octanol–water partition coefficient (Wildman–Crippen LogP) is 1.62. The summed E-state index contributed by atoms with van der Waals surface area (Å²) in [6.45, 7) is 0.625. The van der Waals surface area contributed by atoms with Gasteiger partial charge in [0.1, 0.15) is 0 Å². The maximum absolute atomic E-state index is 12.3. The molecule has 0 fully saturated rings. The molecular formula is C16H21ClN4O. The van der Waals surface area contributed by atoms with Crippen LogP contribution >= 0.6 is 12.4 Å². The minimum Gasteiger partial charge on any atom is -0.349 e. The minimum absolute atomic E-state index is 0. The van der Waals surface area contributed by atoms with Crippen LogP contribution in [0.5, 0.6) is 0 Å². The Morgan fingerprint density at radius 2 is 2.14 bits per heavy atom. The van der Waals surface area contributed by atoms with E-state index in [0.29, 0.717) is 12.1 Å². The van der Waals surface area contributed by atoms with Gasteiger partial charge in [-0.3, -0.25) is 9.89 Å². The van der Waals surface area contributed by atoms with Gasteiger partial charge in [0.15, 0.2) is 0 Å². The Morgan fingerprint density at radius 1 is 1.36 bits per heavy atom. The second-order valence-electron chi connectivity index (χ2n) is 5.52. The van der Waals surface area contributed by atoms with Gasteiger partial charge in [-0.15, -0.1) is 12.4 Å². The number of H-pyrrole nitrogens is 1. The number of benzene rings is 1. The molecule has 118 valence electrons. The molecule has 1 unspecified atom stereocenters. The van der Waals surface area contributed by atoms with Crippen LogP contribution in [0, 0.1) is 0 Å². The number of amides is 1. The monoisotopic (exact) mass is 320 g/mol. The summed E-state index contributed by atoms with van der Waals surface area (Å²) in [5.74, 6) is -0.0118. The summed E-state index contributed by atoms with van der Waals surface area (Å²) in [5, 5.41) is 10.2. The van der Waals surface area contributed by atoms with Gasteiger partial charge in [-0.25, -0.2) is 0 Å². The number of fused-ring (bicyclic) bond motifs is 1. The molecule has 2 aromatic rings. The number of nitrogens with one attached hydrogen (secondary N) is 2. The molecule has 5 nitrogen and oxygen atoms in total. The quantitative estimate of drug-likeness (QED) is 0.800. The zero-order valence-electron chi connectivity index (χ0n) is 12.3. The molecule has 1 atom stereocenters. The van der Waals surface area contributed by atoms with Crippen molar-refractivity contribution >= 4 is 18.3 Å². The lowest BCUT2D eigenvalue weighted by molar-refractivity contribution is 0.0933.